The third-order valence-corrected chi connectivity index (χ3v) is 3.63. The molecular weight excluding hydrogens is 256 g/mol. The minimum absolute atomic E-state index is 0.0635. The summed E-state index contributed by atoms with van der Waals surface area (Å²) in [6, 6.07) is 4.97. The quantitative estimate of drug-likeness (QED) is 0.613. The Morgan fingerprint density at radius 2 is 2.00 bits per heavy atom. The summed E-state index contributed by atoms with van der Waals surface area (Å²) >= 11 is 0. The predicted octanol–water partition coefficient (Wildman–Crippen LogP) is 3.52. The van der Waals surface area contributed by atoms with Gasteiger partial charge in [-0.15, -0.1) is 0 Å². The molecule has 0 aromatic heterocycles. The topological polar surface area (TPSA) is 66.6 Å². The third-order valence-electron chi connectivity index (χ3n) is 3.63. The summed E-state index contributed by atoms with van der Waals surface area (Å²) < 4.78 is 0. The molecule has 112 valence electrons. The van der Waals surface area contributed by atoms with Gasteiger partial charge in [0.2, 0.25) is 0 Å². The second kappa shape index (κ2) is 7.24. The Bertz CT molecular complexity index is 460. The number of nitro benzene ring substituents is 1. The van der Waals surface area contributed by atoms with Crippen LogP contribution in [0.5, 0.6) is 0 Å². The molecule has 0 heterocycles. The maximum atomic E-state index is 11.3. The molecule has 1 aromatic carbocycles. The van der Waals surface area contributed by atoms with Crippen molar-refractivity contribution in [3.8, 4) is 0 Å². The summed E-state index contributed by atoms with van der Waals surface area (Å²) in [5.41, 5.74) is 1.26. The molecule has 0 bridgehead atoms. The number of anilines is 1. The number of aliphatic hydroxyl groups is 1. The van der Waals surface area contributed by atoms with E-state index in [4.69, 9.17) is 0 Å². The molecule has 1 unspecified atom stereocenters. The van der Waals surface area contributed by atoms with Gasteiger partial charge in [0.15, 0.2) is 0 Å². The van der Waals surface area contributed by atoms with E-state index in [-0.39, 0.29) is 10.6 Å². The van der Waals surface area contributed by atoms with Gasteiger partial charge in [0.1, 0.15) is 5.69 Å². The van der Waals surface area contributed by atoms with Gasteiger partial charge in [-0.1, -0.05) is 26.3 Å². The molecule has 1 aromatic rings. The molecule has 0 aliphatic heterocycles. The molecule has 0 aliphatic rings. The van der Waals surface area contributed by atoms with Crippen molar-refractivity contribution >= 4 is 11.4 Å². The predicted molar refractivity (Wildman–Crippen MR) is 81.1 cm³/mol. The van der Waals surface area contributed by atoms with Crippen molar-refractivity contribution in [1.29, 1.82) is 0 Å². The zero-order valence-electron chi connectivity index (χ0n) is 12.7. The van der Waals surface area contributed by atoms with Gasteiger partial charge >= 0.3 is 0 Å². The summed E-state index contributed by atoms with van der Waals surface area (Å²) in [5.74, 6) is 0.478. The van der Waals surface area contributed by atoms with Gasteiger partial charge in [0.05, 0.1) is 11.0 Å². The summed E-state index contributed by atoms with van der Waals surface area (Å²) in [7, 11) is 0. The lowest BCUT2D eigenvalue weighted by atomic mass is 10.1. The van der Waals surface area contributed by atoms with E-state index in [2.05, 4.69) is 13.8 Å². The highest BCUT2D eigenvalue weighted by Crippen LogP contribution is 2.31. The van der Waals surface area contributed by atoms with Crippen molar-refractivity contribution in [3.05, 3.63) is 33.9 Å². The van der Waals surface area contributed by atoms with Crippen LogP contribution in [0.4, 0.5) is 11.4 Å². The Balaban J connectivity index is 3.17. The van der Waals surface area contributed by atoms with E-state index >= 15 is 0 Å². The summed E-state index contributed by atoms with van der Waals surface area (Å²) in [6.07, 6.45) is 0.336. The molecule has 5 heteroatoms. The number of rotatable bonds is 7. The second-order valence-electron chi connectivity index (χ2n) is 5.23. The molecule has 2 atom stereocenters. The highest BCUT2D eigenvalue weighted by atomic mass is 16.6. The zero-order chi connectivity index (χ0) is 15.3. The molecule has 1 N–H and O–H groups in total. The van der Waals surface area contributed by atoms with Crippen LogP contribution < -0.4 is 4.90 Å². The molecule has 0 spiro atoms. The molecule has 0 aliphatic carbocycles. The highest BCUT2D eigenvalue weighted by molar-refractivity contribution is 5.64. The van der Waals surface area contributed by atoms with Crippen LogP contribution in [-0.4, -0.2) is 23.1 Å². The van der Waals surface area contributed by atoms with Crippen molar-refractivity contribution in [2.24, 2.45) is 5.92 Å². The third kappa shape index (κ3) is 3.93. The van der Waals surface area contributed by atoms with Gasteiger partial charge < -0.3 is 10.0 Å². The normalized spacial score (nSPS) is 13.8. The SMILES string of the molecule is CCC(C)CN(CC)c1ccc([C@H](C)O)cc1[N+](=O)[O-]. The molecule has 20 heavy (non-hydrogen) atoms. The number of hydrogen-bond donors (Lipinski definition) is 1. The van der Waals surface area contributed by atoms with Gasteiger partial charge in [0.25, 0.3) is 5.69 Å². The summed E-state index contributed by atoms with van der Waals surface area (Å²) in [6.45, 7) is 9.37. The van der Waals surface area contributed by atoms with Gasteiger partial charge in [-0.05, 0) is 31.4 Å². The first-order chi connectivity index (χ1) is 9.40. The fourth-order valence-corrected chi connectivity index (χ4v) is 2.12. The van der Waals surface area contributed by atoms with Crippen LogP contribution in [0.25, 0.3) is 0 Å². The zero-order valence-corrected chi connectivity index (χ0v) is 12.7. The van der Waals surface area contributed by atoms with Gasteiger partial charge in [0, 0.05) is 19.2 Å². The Hall–Kier alpha value is -1.62. The van der Waals surface area contributed by atoms with Gasteiger partial charge in [-0.2, -0.15) is 0 Å². The van der Waals surface area contributed by atoms with Crippen molar-refractivity contribution in [2.45, 2.75) is 40.2 Å². The lowest BCUT2D eigenvalue weighted by molar-refractivity contribution is -0.384. The van der Waals surface area contributed by atoms with Gasteiger partial charge in [-0.25, -0.2) is 0 Å². The average molecular weight is 280 g/mol. The van der Waals surface area contributed by atoms with Crippen LogP contribution in [0, 0.1) is 16.0 Å². The van der Waals surface area contributed by atoms with E-state index in [0.29, 0.717) is 17.2 Å². The van der Waals surface area contributed by atoms with E-state index in [1.807, 2.05) is 11.8 Å². The summed E-state index contributed by atoms with van der Waals surface area (Å²) in [4.78, 5) is 12.9. The standard InChI is InChI=1S/C15H24N2O3/c1-5-11(3)10-16(6-2)14-8-7-13(12(4)18)9-15(14)17(19)20/h7-9,11-12,18H,5-6,10H2,1-4H3/t11?,12-/m0/s1. The average Bonchev–Trinajstić information content (AvgIpc) is 2.43. The van der Waals surface area contributed by atoms with Crippen molar-refractivity contribution < 1.29 is 10.0 Å². The first-order valence-electron chi connectivity index (χ1n) is 7.12. The molecule has 0 fully saturated rings. The smallest absolute Gasteiger partial charge is 0.292 e. The van der Waals surface area contributed by atoms with Crippen LogP contribution in [0.1, 0.15) is 45.8 Å². The Morgan fingerprint density at radius 3 is 2.45 bits per heavy atom. The van der Waals surface area contributed by atoms with Crippen LogP contribution in [-0.2, 0) is 0 Å². The van der Waals surface area contributed by atoms with Gasteiger partial charge in [-0.3, -0.25) is 10.1 Å². The Labute approximate surface area is 120 Å². The number of hydrogen-bond acceptors (Lipinski definition) is 4. The molecule has 5 nitrogen and oxygen atoms in total. The van der Waals surface area contributed by atoms with E-state index in [1.54, 1.807) is 19.1 Å². The fourth-order valence-electron chi connectivity index (χ4n) is 2.12. The van der Waals surface area contributed by atoms with E-state index in [9.17, 15) is 15.2 Å². The number of benzene rings is 1. The Morgan fingerprint density at radius 1 is 1.35 bits per heavy atom. The molecule has 0 saturated carbocycles. The van der Waals surface area contributed by atoms with Crippen LogP contribution in [0.15, 0.2) is 18.2 Å². The van der Waals surface area contributed by atoms with E-state index in [0.717, 1.165) is 19.5 Å². The maximum absolute atomic E-state index is 11.3. The number of aliphatic hydroxyl groups excluding tert-OH is 1. The fraction of sp³-hybridized carbons (Fsp3) is 0.600. The molecule has 0 amide bonds. The maximum Gasteiger partial charge on any atom is 0.292 e. The Kier molecular flexibility index (Phi) is 5.95. The van der Waals surface area contributed by atoms with Crippen LogP contribution >= 0.6 is 0 Å². The molecule has 0 saturated heterocycles. The molecular formula is C15H24N2O3. The monoisotopic (exact) mass is 280 g/mol. The largest absolute Gasteiger partial charge is 0.389 e. The lowest BCUT2D eigenvalue weighted by Crippen LogP contribution is -2.28. The van der Waals surface area contributed by atoms with Crippen LogP contribution in [0.3, 0.4) is 0 Å². The van der Waals surface area contributed by atoms with Crippen molar-refractivity contribution in [3.63, 3.8) is 0 Å². The minimum atomic E-state index is -0.701. The van der Waals surface area contributed by atoms with Crippen LogP contribution in [0.2, 0.25) is 0 Å². The lowest BCUT2D eigenvalue weighted by Gasteiger charge is -2.26. The first-order valence-corrected chi connectivity index (χ1v) is 7.12. The van der Waals surface area contributed by atoms with Crippen molar-refractivity contribution in [2.75, 3.05) is 18.0 Å². The first kappa shape index (κ1) is 16.4. The summed E-state index contributed by atoms with van der Waals surface area (Å²) in [5, 5.41) is 20.8. The minimum Gasteiger partial charge on any atom is -0.389 e. The number of nitrogens with zero attached hydrogens (tertiary/aromatic N) is 2. The molecule has 0 radical (unpaired) electrons. The van der Waals surface area contributed by atoms with E-state index < -0.39 is 6.10 Å². The van der Waals surface area contributed by atoms with Crippen molar-refractivity contribution in [1.82, 2.24) is 0 Å². The number of nitro groups is 1. The highest BCUT2D eigenvalue weighted by Gasteiger charge is 2.21. The van der Waals surface area contributed by atoms with E-state index in [1.165, 1.54) is 6.07 Å². The second-order valence-corrected chi connectivity index (χ2v) is 5.23. The molecule has 1 rings (SSSR count).